The molecule has 0 unspecified atom stereocenters. The summed E-state index contributed by atoms with van der Waals surface area (Å²) in [6, 6.07) is 5.90. The number of aromatic nitrogens is 1. The Balaban J connectivity index is 1.84. The summed E-state index contributed by atoms with van der Waals surface area (Å²) in [5.74, 6) is 0.996. The third-order valence-electron chi connectivity index (χ3n) is 3.57. The smallest absolute Gasteiger partial charge is 0.139 e. The van der Waals surface area contributed by atoms with Crippen molar-refractivity contribution in [2.24, 2.45) is 5.92 Å². The maximum atomic E-state index is 12.0. The average Bonchev–Trinajstić information content (AvgIpc) is 2.30. The van der Waals surface area contributed by atoms with Gasteiger partial charge in [0.15, 0.2) is 0 Å². The third kappa shape index (κ3) is 3.95. The molecule has 0 aliphatic heterocycles. The van der Waals surface area contributed by atoms with Gasteiger partial charge in [0.1, 0.15) is 5.78 Å². The fourth-order valence-electron chi connectivity index (χ4n) is 2.69. The Morgan fingerprint density at radius 3 is 2.76 bits per heavy atom. The van der Waals surface area contributed by atoms with Crippen LogP contribution in [-0.2, 0) is 11.2 Å². The maximum absolute atomic E-state index is 12.0. The van der Waals surface area contributed by atoms with Gasteiger partial charge in [0.2, 0.25) is 0 Å². The van der Waals surface area contributed by atoms with Crippen LogP contribution in [0.4, 0.5) is 0 Å². The Bertz CT molecular complexity index is 380. The van der Waals surface area contributed by atoms with Gasteiger partial charge in [-0.2, -0.15) is 0 Å². The quantitative estimate of drug-likeness (QED) is 0.794. The molecule has 0 bridgehead atoms. The van der Waals surface area contributed by atoms with Crippen LogP contribution in [0.3, 0.4) is 0 Å². The minimum absolute atomic E-state index is 0.356. The van der Waals surface area contributed by atoms with Gasteiger partial charge in [0, 0.05) is 24.2 Å². The average molecular weight is 231 g/mol. The predicted octanol–water partition coefficient (Wildman–Crippen LogP) is 3.47. The van der Waals surface area contributed by atoms with Crippen molar-refractivity contribution < 1.29 is 4.79 Å². The molecule has 0 saturated heterocycles. The summed E-state index contributed by atoms with van der Waals surface area (Å²) < 4.78 is 0. The van der Waals surface area contributed by atoms with Crippen LogP contribution in [0.25, 0.3) is 0 Å². The number of aryl methyl sites for hydroxylation is 1. The summed E-state index contributed by atoms with van der Waals surface area (Å²) in [6.45, 7) is 1.97. The monoisotopic (exact) mass is 231 g/mol. The van der Waals surface area contributed by atoms with Crippen LogP contribution in [0.1, 0.15) is 49.9 Å². The van der Waals surface area contributed by atoms with Crippen molar-refractivity contribution in [3.8, 4) is 0 Å². The second-order valence-electron chi connectivity index (χ2n) is 5.19. The van der Waals surface area contributed by atoms with Crippen molar-refractivity contribution in [1.82, 2.24) is 4.98 Å². The number of carbonyl (C=O) groups excluding carboxylic acids is 1. The molecular formula is C15H21NO. The molecule has 1 saturated carbocycles. The fourth-order valence-corrected chi connectivity index (χ4v) is 2.69. The molecular weight excluding hydrogens is 210 g/mol. The van der Waals surface area contributed by atoms with Gasteiger partial charge in [-0.1, -0.05) is 38.2 Å². The van der Waals surface area contributed by atoms with Crippen LogP contribution in [0.2, 0.25) is 0 Å². The Labute approximate surface area is 103 Å². The van der Waals surface area contributed by atoms with Gasteiger partial charge in [-0.15, -0.1) is 0 Å². The number of hydrogen-bond acceptors (Lipinski definition) is 2. The number of nitrogens with zero attached hydrogens (tertiary/aromatic N) is 1. The van der Waals surface area contributed by atoms with E-state index in [1.165, 1.54) is 32.1 Å². The van der Waals surface area contributed by atoms with Gasteiger partial charge in [-0.05, 0) is 25.0 Å². The SMILES string of the molecule is Cc1cccc(CC(=O)CC2CCCCC2)n1. The van der Waals surface area contributed by atoms with Crippen LogP contribution >= 0.6 is 0 Å². The van der Waals surface area contributed by atoms with E-state index in [1.54, 1.807) is 0 Å². The van der Waals surface area contributed by atoms with Gasteiger partial charge in [0.25, 0.3) is 0 Å². The lowest BCUT2D eigenvalue weighted by Crippen LogP contribution is -2.14. The lowest BCUT2D eigenvalue weighted by Gasteiger charge is -2.20. The zero-order chi connectivity index (χ0) is 12.1. The molecule has 1 aliphatic rings. The summed E-state index contributed by atoms with van der Waals surface area (Å²) in [4.78, 5) is 16.3. The summed E-state index contributed by atoms with van der Waals surface area (Å²) in [5, 5.41) is 0. The molecule has 1 aromatic heterocycles. The molecule has 0 N–H and O–H groups in total. The number of hydrogen-bond donors (Lipinski definition) is 0. The Kier molecular flexibility index (Phi) is 4.29. The van der Waals surface area contributed by atoms with Gasteiger partial charge < -0.3 is 0 Å². The second kappa shape index (κ2) is 5.95. The Hall–Kier alpha value is -1.18. The number of carbonyl (C=O) groups is 1. The molecule has 2 rings (SSSR count). The maximum Gasteiger partial charge on any atom is 0.139 e. The van der Waals surface area contributed by atoms with Gasteiger partial charge in [-0.25, -0.2) is 0 Å². The first-order valence-electron chi connectivity index (χ1n) is 6.68. The van der Waals surface area contributed by atoms with E-state index >= 15 is 0 Å². The molecule has 0 spiro atoms. The lowest BCUT2D eigenvalue weighted by atomic mass is 9.85. The molecule has 92 valence electrons. The van der Waals surface area contributed by atoms with Crippen LogP contribution in [0.5, 0.6) is 0 Å². The van der Waals surface area contributed by atoms with Crippen molar-refractivity contribution in [3.05, 3.63) is 29.6 Å². The first-order chi connectivity index (χ1) is 8.24. The van der Waals surface area contributed by atoms with Crippen molar-refractivity contribution in [1.29, 1.82) is 0 Å². The van der Waals surface area contributed by atoms with Gasteiger partial charge in [-0.3, -0.25) is 9.78 Å². The largest absolute Gasteiger partial charge is 0.299 e. The zero-order valence-electron chi connectivity index (χ0n) is 10.6. The Morgan fingerprint density at radius 1 is 1.29 bits per heavy atom. The standard InChI is InChI=1S/C15H21NO/c1-12-6-5-9-14(16-12)11-15(17)10-13-7-3-2-4-8-13/h5-6,9,13H,2-4,7-8,10-11H2,1H3. The fraction of sp³-hybridized carbons (Fsp3) is 0.600. The molecule has 2 heteroatoms. The minimum Gasteiger partial charge on any atom is -0.299 e. The van der Waals surface area contributed by atoms with E-state index in [0.717, 1.165) is 17.8 Å². The molecule has 1 heterocycles. The van der Waals surface area contributed by atoms with E-state index < -0.39 is 0 Å². The van der Waals surface area contributed by atoms with E-state index in [2.05, 4.69) is 4.98 Å². The number of ketones is 1. The summed E-state index contributed by atoms with van der Waals surface area (Å²) in [7, 11) is 0. The molecule has 0 aromatic carbocycles. The third-order valence-corrected chi connectivity index (χ3v) is 3.57. The highest BCUT2D eigenvalue weighted by Crippen LogP contribution is 2.26. The molecule has 0 radical (unpaired) electrons. The van der Waals surface area contributed by atoms with Crippen molar-refractivity contribution in [2.45, 2.75) is 51.9 Å². The molecule has 1 aromatic rings. The highest BCUT2D eigenvalue weighted by molar-refractivity contribution is 5.80. The normalized spacial score (nSPS) is 17.0. The molecule has 0 amide bonds. The van der Waals surface area contributed by atoms with E-state index in [4.69, 9.17) is 0 Å². The zero-order valence-corrected chi connectivity index (χ0v) is 10.6. The summed E-state index contributed by atoms with van der Waals surface area (Å²) >= 11 is 0. The first kappa shape index (κ1) is 12.3. The molecule has 1 aliphatic carbocycles. The second-order valence-corrected chi connectivity index (χ2v) is 5.19. The van der Waals surface area contributed by atoms with Crippen molar-refractivity contribution in [2.75, 3.05) is 0 Å². The summed E-state index contributed by atoms with van der Waals surface area (Å²) in [6.07, 6.45) is 7.72. The number of Topliss-reactive ketones (excluding diaryl/α,β-unsaturated/α-hetero) is 1. The molecule has 0 atom stereocenters. The van der Waals surface area contributed by atoms with Crippen LogP contribution in [-0.4, -0.2) is 10.8 Å². The topological polar surface area (TPSA) is 30.0 Å². The van der Waals surface area contributed by atoms with E-state index in [0.29, 0.717) is 18.1 Å². The minimum atomic E-state index is 0.356. The van der Waals surface area contributed by atoms with Crippen LogP contribution < -0.4 is 0 Å². The predicted molar refractivity (Wildman–Crippen MR) is 68.9 cm³/mol. The summed E-state index contributed by atoms with van der Waals surface area (Å²) in [5.41, 5.74) is 1.92. The molecule has 17 heavy (non-hydrogen) atoms. The Morgan fingerprint density at radius 2 is 2.06 bits per heavy atom. The first-order valence-corrected chi connectivity index (χ1v) is 6.68. The van der Waals surface area contributed by atoms with Crippen LogP contribution in [0.15, 0.2) is 18.2 Å². The van der Waals surface area contributed by atoms with Gasteiger partial charge in [0.05, 0.1) is 0 Å². The molecule has 1 fully saturated rings. The van der Waals surface area contributed by atoms with E-state index in [9.17, 15) is 4.79 Å². The van der Waals surface area contributed by atoms with E-state index in [1.807, 2.05) is 25.1 Å². The highest BCUT2D eigenvalue weighted by Gasteiger charge is 2.17. The van der Waals surface area contributed by atoms with E-state index in [-0.39, 0.29) is 0 Å². The van der Waals surface area contributed by atoms with Crippen molar-refractivity contribution in [3.63, 3.8) is 0 Å². The van der Waals surface area contributed by atoms with Gasteiger partial charge >= 0.3 is 0 Å². The van der Waals surface area contributed by atoms with Crippen LogP contribution in [0, 0.1) is 12.8 Å². The highest BCUT2D eigenvalue weighted by atomic mass is 16.1. The number of rotatable bonds is 4. The number of pyridine rings is 1. The van der Waals surface area contributed by atoms with Crippen molar-refractivity contribution >= 4 is 5.78 Å². The lowest BCUT2D eigenvalue weighted by molar-refractivity contribution is -0.119. The molecule has 2 nitrogen and oxygen atoms in total.